The molecule has 1 saturated heterocycles. The molecule has 6 heteroatoms. The summed E-state index contributed by atoms with van der Waals surface area (Å²) in [5, 5.41) is 0. The van der Waals surface area contributed by atoms with Crippen LogP contribution in [0.5, 0.6) is 0 Å². The average Bonchev–Trinajstić information content (AvgIpc) is 2.38. The van der Waals surface area contributed by atoms with E-state index in [1.807, 2.05) is 27.7 Å². The first kappa shape index (κ1) is 17.8. The number of Topliss-reactive ketones (excluding diaryl/α,β-unsaturated/α-hetero) is 1. The molecule has 2 fully saturated rings. The van der Waals surface area contributed by atoms with E-state index < -0.39 is 23.8 Å². The minimum Gasteiger partial charge on any atom is -0.460 e. The van der Waals surface area contributed by atoms with Gasteiger partial charge >= 0.3 is 12.1 Å². The lowest BCUT2D eigenvalue weighted by molar-refractivity contribution is -0.160. The zero-order chi connectivity index (χ0) is 17.4. The van der Waals surface area contributed by atoms with Gasteiger partial charge in [-0.15, -0.1) is 0 Å². The van der Waals surface area contributed by atoms with Gasteiger partial charge in [0.15, 0.2) is 0 Å². The Morgan fingerprint density at radius 2 is 1.91 bits per heavy atom. The number of esters is 1. The number of hydrogen-bond donors (Lipinski definition) is 0. The minimum absolute atomic E-state index is 0.152. The van der Waals surface area contributed by atoms with Crippen molar-refractivity contribution in [2.45, 2.75) is 84.1 Å². The van der Waals surface area contributed by atoms with E-state index in [-0.39, 0.29) is 23.8 Å². The minimum atomic E-state index is -0.612. The lowest BCUT2D eigenvalue weighted by Crippen LogP contribution is -2.62. The number of piperidine rings is 1. The first-order valence-corrected chi connectivity index (χ1v) is 8.31. The summed E-state index contributed by atoms with van der Waals surface area (Å²) in [6.07, 6.45) is 1.68. The topological polar surface area (TPSA) is 72.9 Å². The van der Waals surface area contributed by atoms with Crippen LogP contribution in [0.4, 0.5) is 4.79 Å². The smallest absolute Gasteiger partial charge is 0.410 e. The van der Waals surface area contributed by atoms with Crippen LogP contribution in [0.1, 0.15) is 60.3 Å². The monoisotopic (exact) mass is 325 g/mol. The van der Waals surface area contributed by atoms with Crippen molar-refractivity contribution in [3.8, 4) is 0 Å². The molecule has 130 valence electrons. The van der Waals surface area contributed by atoms with Crippen LogP contribution in [0.3, 0.4) is 0 Å². The summed E-state index contributed by atoms with van der Waals surface area (Å²) in [6, 6.07) is -0.464. The van der Waals surface area contributed by atoms with E-state index in [9.17, 15) is 14.4 Å². The summed E-state index contributed by atoms with van der Waals surface area (Å²) in [5.74, 6) is -0.511. The number of ketones is 1. The Morgan fingerprint density at radius 1 is 1.26 bits per heavy atom. The SMILES string of the molecule is CC(=O)O[C@@H]1C[C@H]2C(=O)CCC[C@H]2N(C(=O)OC(C)(C)C)[C@H]1C. The fourth-order valence-electron chi connectivity index (χ4n) is 3.61. The molecule has 1 amide bonds. The fourth-order valence-corrected chi connectivity index (χ4v) is 3.61. The Morgan fingerprint density at radius 3 is 2.48 bits per heavy atom. The number of carbonyl (C=O) groups excluding carboxylic acids is 3. The lowest BCUT2D eigenvalue weighted by Gasteiger charge is -2.49. The van der Waals surface area contributed by atoms with E-state index in [1.54, 1.807) is 4.90 Å². The van der Waals surface area contributed by atoms with Gasteiger partial charge in [0.25, 0.3) is 0 Å². The molecular weight excluding hydrogens is 298 g/mol. The van der Waals surface area contributed by atoms with Gasteiger partial charge < -0.3 is 9.47 Å². The van der Waals surface area contributed by atoms with Gasteiger partial charge in [0.05, 0.1) is 6.04 Å². The zero-order valence-electron chi connectivity index (χ0n) is 14.6. The van der Waals surface area contributed by atoms with E-state index in [2.05, 4.69) is 0 Å². The third kappa shape index (κ3) is 4.03. The number of rotatable bonds is 1. The third-order valence-electron chi connectivity index (χ3n) is 4.54. The predicted molar refractivity (Wildman–Crippen MR) is 83.8 cm³/mol. The van der Waals surface area contributed by atoms with Crippen LogP contribution in [-0.2, 0) is 19.1 Å². The highest BCUT2D eigenvalue weighted by atomic mass is 16.6. The highest BCUT2D eigenvalue weighted by molar-refractivity contribution is 5.84. The lowest BCUT2D eigenvalue weighted by atomic mass is 9.74. The first-order chi connectivity index (χ1) is 10.6. The molecule has 1 saturated carbocycles. The average molecular weight is 325 g/mol. The molecule has 0 aromatic heterocycles. The second kappa shape index (κ2) is 6.49. The predicted octanol–water partition coefficient (Wildman–Crippen LogP) is 2.69. The molecule has 0 aromatic carbocycles. The maximum Gasteiger partial charge on any atom is 0.410 e. The van der Waals surface area contributed by atoms with Crippen molar-refractivity contribution in [1.29, 1.82) is 0 Å². The Hall–Kier alpha value is -1.59. The molecule has 0 spiro atoms. The summed E-state index contributed by atoms with van der Waals surface area (Å²) in [5.41, 5.74) is -0.612. The van der Waals surface area contributed by atoms with Crippen molar-refractivity contribution < 1.29 is 23.9 Å². The molecule has 0 radical (unpaired) electrons. The summed E-state index contributed by atoms with van der Waals surface area (Å²) in [7, 11) is 0. The molecule has 2 aliphatic rings. The van der Waals surface area contributed by atoms with Gasteiger partial charge in [-0.2, -0.15) is 0 Å². The molecule has 1 aliphatic heterocycles. The second-order valence-electron chi connectivity index (χ2n) is 7.54. The number of carbonyl (C=O) groups is 3. The van der Waals surface area contributed by atoms with Gasteiger partial charge in [0, 0.05) is 25.3 Å². The Labute approximate surface area is 137 Å². The van der Waals surface area contributed by atoms with Crippen molar-refractivity contribution in [2.75, 3.05) is 0 Å². The molecule has 0 unspecified atom stereocenters. The van der Waals surface area contributed by atoms with Gasteiger partial charge in [-0.05, 0) is 47.0 Å². The summed E-state index contributed by atoms with van der Waals surface area (Å²) in [4.78, 5) is 38.0. The van der Waals surface area contributed by atoms with E-state index in [1.165, 1.54) is 6.92 Å². The van der Waals surface area contributed by atoms with E-state index in [4.69, 9.17) is 9.47 Å². The molecule has 0 aromatic rings. The number of amides is 1. The van der Waals surface area contributed by atoms with Gasteiger partial charge in [-0.1, -0.05) is 0 Å². The quantitative estimate of drug-likeness (QED) is 0.693. The van der Waals surface area contributed by atoms with Crippen LogP contribution in [0.15, 0.2) is 0 Å². The standard InChI is InChI=1S/C17H27NO5/c1-10-15(22-11(2)19)9-12-13(7-6-8-14(12)20)18(10)16(21)23-17(3,4)5/h10,12-13,15H,6-9H2,1-5H3/t10-,12+,13+,15+/m0/s1. The van der Waals surface area contributed by atoms with Crippen LogP contribution in [0.2, 0.25) is 0 Å². The van der Waals surface area contributed by atoms with E-state index >= 15 is 0 Å². The Kier molecular flexibility index (Phi) is 5.01. The number of hydrogen-bond acceptors (Lipinski definition) is 5. The largest absolute Gasteiger partial charge is 0.460 e. The van der Waals surface area contributed by atoms with E-state index in [0.717, 1.165) is 12.8 Å². The molecule has 0 bridgehead atoms. The molecular formula is C17H27NO5. The molecule has 0 N–H and O–H groups in total. The van der Waals surface area contributed by atoms with Crippen LogP contribution >= 0.6 is 0 Å². The number of ether oxygens (including phenoxy) is 2. The van der Waals surface area contributed by atoms with Crippen molar-refractivity contribution >= 4 is 17.8 Å². The van der Waals surface area contributed by atoms with Crippen LogP contribution in [0.25, 0.3) is 0 Å². The number of likely N-dealkylation sites (tertiary alicyclic amines) is 1. The Balaban J connectivity index is 2.28. The molecule has 1 aliphatic carbocycles. The maximum absolute atomic E-state index is 12.7. The van der Waals surface area contributed by atoms with E-state index in [0.29, 0.717) is 12.8 Å². The first-order valence-electron chi connectivity index (χ1n) is 8.31. The molecule has 23 heavy (non-hydrogen) atoms. The zero-order valence-corrected chi connectivity index (χ0v) is 14.6. The van der Waals surface area contributed by atoms with Gasteiger partial charge in [-0.25, -0.2) is 4.79 Å². The van der Waals surface area contributed by atoms with Gasteiger partial charge in [-0.3, -0.25) is 14.5 Å². The fraction of sp³-hybridized carbons (Fsp3) is 0.824. The van der Waals surface area contributed by atoms with Crippen molar-refractivity contribution in [2.24, 2.45) is 5.92 Å². The molecule has 1 heterocycles. The van der Waals surface area contributed by atoms with Crippen molar-refractivity contribution in [3.63, 3.8) is 0 Å². The summed E-state index contributed by atoms with van der Waals surface area (Å²) < 4.78 is 10.9. The van der Waals surface area contributed by atoms with Crippen molar-refractivity contribution in [3.05, 3.63) is 0 Å². The third-order valence-corrected chi connectivity index (χ3v) is 4.54. The van der Waals surface area contributed by atoms with Crippen LogP contribution in [-0.4, -0.2) is 46.5 Å². The second-order valence-corrected chi connectivity index (χ2v) is 7.54. The molecule has 4 atom stereocenters. The molecule has 6 nitrogen and oxygen atoms in total. The highest BCUT2D eigenvalue weighted by Crippen LogP contribution is 2.38. The van der Waals surface area contributed by atoms with Gasteiger partial charge in [0.1, 0.15) is 17.5 Å². The molecule has 2 rings (SSSR count). The maximum atomic E-state index is 12.7. The number of nitrogens with zero attached hydrogens (tertiary/aromatic N) is 1. The number of fused-ring (bicyclic) bond motifs is 1. The normalized spacial score (nSPS) is 31.3. The van der Waals surface area contributed by atoms with Crippen molar-refractivity contribution in [1.82, 2.24) is 4.90 Å². The summed E-state index contributed by atoms with van der Waals surface area (Å²) in [6.45, 7) is 8.64. The Bertz CT molecular complexity index is 496. The van der Waals surface area contributed by atoms with Crippen LogP contribution < -0.4 is 0 Å². The highest BCUT2D eigenvalue weighted by Gasteiger charge is 2.49. The van der Waals surface area contributed by atoms with Crippen LogP contribution in [0, 0.1) is 5.92 Å². The summed E-state index contributed by atoms with van der Waals surface area (Å²) >= 11 is 0. The van der Waals surface area contributed by atoms with Gasteiger partial charge in [0.2, 0.25) is 0 Å².